The molecule has 2 aromatic carbocycles. The average Bonchev–Trinajstić information content (AvgIpc) is 2.38. The summed E-state index contributed by atoms with van der Waals surface area (Å²) in [4.78, 5) is 11.9. The maximum absolute atomic E-state index is 11.9. The average molecular weight is 380 g/mol. The quantitative estimate of drug-likeness (QED) is 0.789. The van der Waals surface area contributed by atoms with Crippen LogP contribution in [0.1, 0.15) is 11.1 Å². The Morgan fingerprint density at radius 2 is 1.75 bits per heavy atom. The predicted molar refractivity (Wildman–Crippen MR) is 92.2 cm³/mol. The molecule has 4 heteroatoms. The van der Waals surface area contributed by atoms with Crippen LogP contribution in [0.2, 0.25) is 0 Å². The van der Waals surface area contributed by atoms with E-state index in [9.17, 15) is 4.79 Å². The Morgan fingerprint density at radius 1 is 1.10 bits per heavy atom. The third-order valence-electron chi connectivity index (χ3n) is 2.82. The summed E-state index contributed by atoms with van der Waals surface area (Å²) in [7, 11) is 0. The van der Waals surface area contributed by atoms with Crippen molar-refractivity contribution in [3.63, 3.8) is 0 Å². The summed E-state index contributed by atoms with van der Waals surface area (Å²) in [6.07, 6.45) is 0. The van der Waals surface area contributed by atoms with Crippen LogP contribution in [0.15, 0.2) is 42.5 Å². The van der Waals surface area contributed by atoms with Gasteiger partial charge in [-0.25, -0.2) is 0 Å². The molecule has 0 unspecified atom stereocenters. The van der Waals surface area contributed by atoms with Crippen molar-refractivity contribution in [2.24, 2.45) is 0 Å². The lowest BCUT2D eigenvalue weighted by Gasteiger charge is -2.10. The van der Waals surface area contributed by atoms with Crippen LogP contribution in [-0.4, -0.2) is 12.5 Å². The molecule has 0 spiro atoms. The van der Waals surface area contributed by atoms with Crippen molar-refractivity contribution < 1.29 is 4.79 Å². The first-order valence-corrected chi connectivity index (χ1v) is 7.49. The number of amides is 1. The van der Waals surface area contributed by atoms with Gasteiger partial charge in [-0.3, -0.25) is 4.79 Å². The number of hydrogen-bond donors (Lipinski definition) is 2. The Kier molecular flexibility index (Phi) is 5.00. The van der Waals surface area contributed by atoms with Crippen molar-refractivity contribution in [2.75, 3.05) is 17.2 Å². The van der Waals surface area contributed by atoms with Crippen LogP contribution in [0.4, 0.5) is 11.4 Å². The highest BCUT2D eigenvalue weighted by molar-refractivity contribution is 14.1. The molecule has 0 saturated heterocycles. The summed E-state index contributed by atoms with van der Waals surface area (Å²) < 4.78 is 1.03. The van der Waals surface area contributed by atoms with E-state index in [4.69, 9.17) is 0 Å². The summed E-state index contributed by atoms with van der Waals surface area (Å²) in [5.41, 5.74) is 4.19. The molecular weight excluding hydrogens is 363 g/mol. The lowest BCUT2D eigenvalue weighted by atomic mass is 10.1. The van der Waals surface area contributed by atoms with E-state index in [0.29, 0.717) is 0 Å². The van der Waals surface area contributed by atoms with Crippen molar-refractivity contribution in [3.8, 4) is 0 Å². The summed E-state index contributed by atoms with van der Waals surface area (Å²) in [5.74, 6) is -0.0479. The number of rotatable bonds is 4. The molecule has 0 heterocycles. The number of para-hydroxylation sites is 1. The first-order chi connectivity index (χ1) is 9.54. The second kappa shape index (κ2) is 6.74. The van der Waals surface area contributed by atoms with Crippen LogP contribution in [-0.2, 0) is 4.79 Å². The number of carbonyl (C=O) groups is 1. The minimum absolute atomic E-state index is 0.0479. The molecule has 0 atom stereocenters. The van der Waals surface area contributed by atoms with Gasteiger partial charge in [0.25, 0.3) is 0 Å². The number of anilines is 2. The summed E-state index contributed by atoms with van der Waals surface area (Å²) in [6, 6.07) is 13.9. The first kappa shape index (κ1) is 14.8. The largest absolute Gasteiger partial charge is 0.376 e. The minimum atomic E-state index is -0.0479. The normalized spacial score (nSPS) is 10.2. The maximum Gasteiger partial charge on any atom is 0.243 e. The van der Waals surface area contributed by atoms with Crippen LogP contribution in [0.3, 0.4) is 0 Å². The molecule has 104 valence electrons. The number of carbonyl (C=O) groups excluding carboxylic acids is 1. The van der Waals surface area contributed by atoms with Gasteiger partial charge in [-0.2, -0.15) is 0 Å². The van der Waals surface area contributed by atoms with E-state index in [1.807, 2.05) is 50.2 Å². The van der Waals surface area contributed by atoms with Crippen molar-refractivity contribution in [3.05, 3.63) is 57.2 Å². The fourth-order valence-corrected chi connectivity index (χ4v) is 2.54. The van der Waals surface area contributed by atoms with Crippen LogP contribution in [0, 0.1) is 17.4 Å². The van der Waals surface area contributed by atoms with Crippen LogP contribution < -0.4 is 10.6 Å². The lowest BCUT2D eigenvalue weighted by Crippen LogP contribution is -2.22. The fraction of sp³-hybridized carbons (Fsp3) is 0.188. The molecule has 0 saturated carbocycles. The molecule has 0 aliphatic heterocycles. The predicted octanol–water partition coefficient (Wildman–Crippen LogP) is 3.96. The van der Waals surface area contributed by atoms with Gasteiger partial charge in [0.05, 0.1) is 12.2 Å². The van der Waals surface area contributed by atoms with Gasteiger partial charge < -0.3 is 10.6 Å². The smallest absolute Gasteiger partial charge is 0.243 e. The third kappa shape index (κ3) is 4.23. The van der Waals surface area contributed by atoms with Gasteiger partial charge in [-0.05, 0) is 71.8 Å². The molecule has 0 bridgehead atoms. The SMILES string of the molecule is Cc1cc(C)cc(NCC(=O)Nc2ccccc2I)c1. The monoisotopic (exact) mass is 380 g/mol. The Hall–Kier alpha value is -1.56. The van der Waals surface area contributed by atoms with E-state index < -0.39 is 0 Å². The number of aryl methyl sites for hydroxylation is 2. The molecule has 0 radical (unpaired) electrons. The Morgan fingerprint density at radius 3 is 2.40 bits per heavy atom. The van der Waals surface area contributed by atoms with E-state index in [1.165, 1.54) is 11.1 Å². The van der Waals surface area contributed by atoms with Gasteiger partial charge in [0.2, 0.25) is 5.91 Å². The lowest BCUT2D eigenvalue weighted by molar-refractivity contribution is -0.114. The number of hydrogen-bond acceptors (Lipinski definition) is 2. The van der Waals surface area contributed by atoms with Crippen molar-refractivity contribution in [1.29, 1.82) is 0 Å². The summed E-state index contributed by atoms with van der Waals surface area (Å²) >= 11 is 2.21. The highest BCUT2D eigenvalue weighted by Gasteiger charge is 2.05. The topological polar surface area (TPSA) is 41.1 Å². The fourth-order valence-electron chi connectivity index (χ4n) is 2.02. The molecule has 0 aromatic heterocycles. The second-order valence-corrected chi connectivity index (χ2v) is 5.92. The molecule has 2 rings (SSSR count). The maximum atomic E-state index is 11.9. The zero-order valence-corrected chi connectivity index (χ0v) is 13.7. The summed E-state index contributed by atoms with van der Waals surface area (Å²) in [5, 5.41) is 6.05. The van der Waals surface area contributed by atoms with Crippen LogP contribution in [0.5, 0.6) is 0 Å². The van der Waals surface area contributed by atoms with Crippen LogP contribution in [0.25, 0.3) is 0 Å². The zero-order chi connectivity index (χ0) is 14.5. The van der Waals surface area contributed by atoms with Gasteiger partial charge >= 0.3 is 0 Å². The van der Waals surface area contributed by atoms with Gasteiger partial charge in [0.1, 0.15) is 0 Å². The van der Waals surface area contributed by atoms with E-state index in [1.54, 1.807) is 0 Å². The molecule has 1 amide bonds. The van der Waals surface area contributed by atoms with E-state index in [-0.39, 0.29) is 12.5 Å². The van der Waals surface area contributed by atoms with Gasteiger partial charge in [-0.1, -0.05) is 18.2 Å². The van der Waals surface area contributed by atoms with Crippen molar-refractivity contribution in [1.82, 2.24) is 0 Å². The number of halogens is 1. The van der Waals surface area contributed by atoms with E-state index in [2.05, 4.69) is 39.3 Å². The molecule has 0 aliphatic carbocycles. The van der Waals surface area contributed by atoms with Gasteiger partial charge in [0.15, 0.2) is 0 Å². The van der Waals surface area contributed by atoms with Crippen LogP contribution >= 0.6 is 22.6 Å². The van der Waals surface area contributed by atoms with Crippen molar-refractivity contribution >= 4 is 39.9 Å². The molecule has 2 N–H and O–H groups in total. The first-order valence-electron chi connectivity index (χ1n) is 6.41. The highest BCUT2D eigenvalue weighted by Crippen LogP contribution is 2.17. The van der Waals surface area contributed by atoms with Gasteiger partial charge in [-0.15, -0.1) is 0 Å². The van der Waals surface area contributed by atoms with E-state index in [0.717, 1.165) is 14.9 Å². The number of nitrogens with one attached hydrogen (secondary N) is 2. The molecule has 0 aliphatic rings. The standard InChI is InChI=1S/C16H17IN2O/c1-11-7-12(2)9-13(8-11)18-10-16(20)19-15-6-4-3-5-14(15)17/h3-9,18H,10H2,1-2H3,(H,19,20). The van der Waals surface area contributed by atoms with Gasteiger partial charge in [0, 0.05) is 9.26 Å². The summed E-state index contributed by atoms with van der Waals surface area (Å²) in [6.45, 7) is 4.35. The second-order valence-electron chi connectivity index (χ2n) is 4.76. The molecule has 20 heavy (non-hydrogen) atoms. The highest BCUT2D eigenvalue weighted by atomic mass is 127. The van der Waals surface area contributed by atoms with Crippen molar-refractivity contribution in [2.45, 2.75) is 13.8 Å². The Bertz CT molecular complexity index is 605. The van der Waals surface area contributed by atoms with E-state index >= 15 is 0 Å². The minimum Gasteiger partial charge on any atom is -0.376 e. The molecule has 3 nitrogen and oxygen atoms in total. The molecule has 2 aromatic rings. The Balaban J connectivity index is 1.94. The third-order valence-corrected chi connectivity index (χ3v) is 3.76. The Labute approximate surface area is 132 Å². The molecule has 0 fully saturated rings. The molecular formula is C16H17IN2O. The number of benzene rings is 2. The zero-order valence-electron chi connectivity index (χ0n) is 11.5.